The van der Waals surface area contributed by atoms with E-state index in [0.717, 1.165) is 11.1 Å². The predicted octanol–water partition coefficient (Wildman–Crippen LogP) is 4.09. The van der Waals surface area contributed by atoms with Crippen molar-refractivity contribution < 1.29 is 24.2 Å². The van der Waals surface area contributed by atoms with Gasteiger partial charge in [-0.25, -0.2) is 4.79 Å². The lowest BCUT2D eigenvalue weighted by atomic mass is 9.85. The summed E-state index contributed by atoms with van der Waals surface area (Å²) >= 11 is 0. The van der Waals surface area contributed by atoms with Crippen molar-refractivity contribution in [2.75, 3.05) is 33.8 Å². The fourth-order valence-corrected chi connectivity index (χ4v) is 4.58. The highest BCUT2D eigenvalue weighted by molar-refractivity contribution is 6.46. The van der Waals surface area contributed by atoms with Gasteiger partial charge in [-0.05, 0) is 57.0 Å². The van der Waals surface area contributed by atoms with Gasteiger partial charge in [0.15, 0.2) is 0 Å². The van der Waals surface area contributed by atoms with Crippen molar-refractivity contribution >= 4 is 23.4 Å². The van der Waals surface area contributed by atoms with E-state index in [2.05, 4.69) is 25.8 Å². The number of aromatic nitrogens is 1. The van der Waals surface area contributed by atoms with Gasteiger partial charge in [-0.1, -0.05) is 45.0 Å². The molecule has 2 aromatic rings. The summed E-state index contributed by atoms with van der Waals surface area (Å²) in [6.07, 6.45) is 0. The molecule has 1 atom stereocenters. The quantitative estimate of drug-likeness (QED) is 0.260. The molecule has 3 rings (SSSR count). The van der Waals surface area contributed by atoms with Crippen molar-refractivity contribution in [3.63, 3.8) is 0 Å². The molecule has 1 aliphatic rings. The van der Waals surface area contributed by atoms with E-state index in [4.69, 9.17) is 4.74 Å². The number of esters is 1. The van der Waals surface area contributed by atoms with Crippen LogP contribution in [0.2, 0.25) is 0 Å². The topological polar surface area (TPSA) is 103 Å². The number of likely N-dealkylation sites (tertiary alicyclic amines) is 1. The molecule has 194 valence electrons. The van der Waals surface area contributed by atoms with Gasteiger partial charge in [0.25, 0.3) is 11.7 Å². The lowest BCUT2D eigenvalue weighted by Crippen LogP contribution is -2.35. The van der Waals surface area contributed by atoms with Crippen LogP contribution in [-0.4, -0.2) is 71.3 Å². The highest BCUT2D eigenvalue weighted by Gasteiger charge is 2.46. The molecule has 0 saturated carbocycles. The van der Waals surface area contributed by atoms with E-state index >= 15 is 0 Å². The Morgan fingerprint density at radius 3 is 2.28 bits per heavy atom. The highest BCUT2D eigenvalue weighted by atomic mass is 16.5. The van der Waals surface area contributed by atoms with Crippen LogP contribution >= 0.6 is 0 Å². The van der Waals surface area contributed by atoms with Crippen LogP contribution in [0.25, 0.3) is 5.76 Å². The number of aryl methyl sites for hydroxylation is 1. The van der Waals surface area contributed by atoms with Crippen LogP contribution in [0.4, 0.5) is 0 Å². The molecule has 36 heavy (non-hydrogen) atoms. The second-order valence-electron chi connectivity index (χ2n) is 10.5. The van der Waals surface area contributed by atoms with Crippen molar-refractivity contribution in [2.24, 2.45) is 0 Å². The molecule has 0 bridgehead atoms. The average molecular weight is 496 g/mol. The predicted molar refractivity (Wildman–Crippen MR) is 139 cm³/mol. The Morgan fingerprint density at radius 2 is 1.75 bits per heavy atom. The Bertz CT molecular complexity index is 1200. The van der Waals surface area contributed by atoms with Crippen LogP contribution in [0.3, 0.4) is 0 Å². The fourth-order valence-electron chi connectivity index (χ4n) is 4.58. The molecule has 0 unspecified atom stereocenters. The second kappa shape index (κ2) is 10.3. The minimum absolute atomic E-state index is 0.0165. The number of rotatable bonds is 7. The van der Waals surface area contributed by atoms with Crippen LogP contribution in [-0.2, 0) is 19.7 Å². The zero-order chi connectivity index (χ0) is 26.9. The van der Waals surface area contributed by atoms with Crippen LogP contribution in [0, 0.1) is 13.8 Å². The van der Waals surface area contributed by atoms with Gasteiger partial charge in [-0.2, -0.15) is 0 Å². The third-order valence-electron chi connectivity index (χ3n) is 6.57. The summed E-state index contributed by atoms with van der Waals surface area (Å²) in [6, 6.07) is 7.06. The molecule has 0 aliphatic carbocycles. The van der Waals surface area contributed by atoms with Gasteiger partial charge in [-0.15, -0.1) is 0 Å². The van der Waals surface area contributed by atoms with Crippen LogP contribution < -0.4 is 0 Å². The number of amides is 1. The molecule has 2 N–H and O–H groups in total. The summed E-state index contributed by atoms with van der Waals surface area (Å²) in [6.45, 7) is 12.5. The molecular weight excluding hydrogens is 458 g/mol. The summed E-state index contributed by atoms with van der Waals surface area (Å²) < 4.78 is 5.12. The van der Waals surface area contributed by atoms with Crippen LogP contribution in [0.15, 0.2) is 29.8 Å². The van der Waals surface area contributed by atoms with Crippen molar-refractivity contribution in [3.05, 3.63) is 63.5 Å². The van der Waals surface area contributed by atoms with Crippen molar-refractivity contribution in [2.45, 2.75) is 53.0 Å². The van der Waals surface area contributed by atoms with Crippen molar-refractivity contribution in [1.82, 2.24) is 14.8 Å². The van der Waals surface area contributed by atoms with E-state index in [1.165, 1.54) is 4.90 Å². The summed E-state index contributed by atoms with van der Waals surface area (Å²) in [5.41, 5.74) is 3.33. The smallest absolute Gasteiger partial charge is 0.355 e. The first-order chi connectivity index (χ1) is 16.8. The molecule has 2 heterocycles. The SMILES string of the molecule is CCOC(=O)c1[nH]c(C)c(/C(O)=C2\C(=O)C(=O)N(CCN(C)C)[C@@H]2c2ccc(C(C)(C)C)cc2)c1C. The van der Waals surface area contributed by atoms with E-state index in [9.17, 15) is 19.5 Å². The van der Waals surface area contributed by atoms with Gasteiger partial charge in [0.1, 0.15) is 11.5 Å². The third-order valence-corrected chi connectivity index (χ3v) is 6.57. The number of H-pyrrole nitrogens is 1. The number of likely N-dealkylation sites (N-methyl/N-ethyl adjacent to an activating group) is 1. The van der Waals surface area contributed by atoms with Crippen molar-refractivity contribution in [1.29, 1.82) is 0 Å². The Balaban J connectivity index is 2.20. The summed E-state index contributed by atoms with van der Waals surface area (Å²) in [5.74, 6) is -2.24. The number of hydrogen-bond donors (Lipinski definition) is 2. The molecule has 1 fully saturated rings. The Morgan fingerprint density at radius 1 is 1.14 bits per heavy atom. The lowest BCUT2D eigenvalue weighted by molar-refractivity contribution is -0.140. The Labute approximate surface area is 212 Å². The number of Topliss-reactive ketones (excluding diaryl/α,β-unsaturated/α-hetero) is 1. The number of ketones is 1. The maximum atomic E-state index is 13.3. The first kappa shape index (κ1) is 27.2. The number of aliphatic hydroxyl groups is 1. The number of carbonyl (C=O) groups excluding carboxylic acids is 3. The number of carbonyl (C=O) groups is 3. The molecule has 0 spiro atoms. The fraction of sp³-hybridized carbons (Fsp3) is 0.464. The normalized spacial score (nSPS) is 17.8. The molecular formula is C28H37N3O5. The van der Waals surface area contributed by atoms with Gasteiger partial charge >= 0.3 is 5.97 Å². The van der Waals surface area contributed by atoms with E-state index in [0.29, 0.717) is 29.9 Å². The zero-order valence-electron chi connectivity index (χ0n) is 22.5. The molecule has 1 amide bonds. The van der Waals surface area contributed by atoms with Crippen LogP contribution in [0.1, 0.15) is 72.2 Å². The average Bonchev–Trinajstić information content (AvgIpc) is 3.24. The lowest BCUT2D eigenvalue weighted by Gasteiger charge is -2.27. The van der Waals surface area contributed by atoms with Gasteiger partial charge in [0, 0.05) is 24.3 Å². The zero-order valence-corrected chi connectivity index (χ0v) is 22.5. The third kappa shape index (κ3) is 5.09. The van der Waals surface area contributed by atoms with E-state index in [1.807, 2.05) is 43.3 Å². The molecule has 8 heteroatoms. The number of ether oxygens (including phenoxy) is 1. The molecule has 1 saturated heterocycles. The van der Waals surface area contributed by atoms with Crippen molar-refractivity contribution in [3.8, 4) is 0 Å². The number of benzene rings is 1. The second-order valence-corrected chi connectivity index (χ2v) is 10.5. The van der Waals surface area contributed by atoms with E-state index in [1.54, 1.807) is 20.8 Å². The molecule has 0 radical (unpaired) electrons. The maximum Gasteiger partial charge on any atom is 0.355 e. The number of nitrogens with one attached hydrogen (secondary N) is 1. The number of hydrogen-bond acceptors (Lipinski definition) is 6. The number of nitrogens with zero attached hydrogens (tertiary/aromatic N) is 2. The largest absolute Gasteiger partial charge is 0.507 e. The Kier molecular flexibility index (Phi) is 7.79. The monoisotopic (exact) mass is 495 g/mol. The van der Waals surface area contributed by atoms with Gasteiger partial charge in [-0.3, -0.25) is 9.59 Å². The summed E-state index contributed by atoms with van der Waals surface area (Å²) in [4.78, 5) is 45.3. The van der Waals surface area contributed by atoms with Gasteiger partial charge < -0.3 is 24.6 Å². The minimum atomic E-state index is -0.751. The number of aliphatic hydroxyl groups excluding tert-OH is 1. The maximum absolute atomic E-state index is 13.3. The molecule has 1 aliphatic heterocycles. The first-order valence-electron chi connectivity index (χ1n) is 12.2. The van der Waals surface area contributed by atoms with Crippen LogP contribution in [0.5, 0.6) is 0 Å². The molecule has 8 nitrogen and oxygen atoms in total. The van der Waals surface area contributed by atoms with Gasteiger partial charge in [0.05, 0.1) is 18.2 Å². The van der Waals surface area contributed by atoms with E-state index < -0.39 is 23.7 Å². The molecule has 1 aromatic carbocycles. The minimum Gasteiger partial charge on any atom is -0.507 e. The first-order valence-corrected chi connectivity index (χ1v) is 12.2. The molecule has 1 aromatic heterocycles. The van der Waals surface area contributed by atoms with Gasteiger partial charge in [0.2, 0.25) is 0 Å². The summed E-state index contributed by atoms with van der Waals surface area (Å²) in [7, 11) is 3.79. The number of aromatic amines is 1. The summed E-state index contributed by atoms with van der Waals surface area (Å²) in [5, 5.41) is 11.5. The van der Waals surface area contributed by atoms with E-state index in [-0.39, 0.29) is 29.0 Å². The highest BCUT2D eigenvalue weighted by Crippen LogP contribution is 2.41. The Hall–Kier alpha value is -3.39. The standard InChI is InChI=1S/C28H37N3O5/c1-9-36-27(35)22-16(2)20(17(3)29-22)24(32)21-23(18-10-12-19(13-11-18)28(4,5)6)31(15-14-30(7)8)26(34)25(21)33/h10-13,23,29,32H,9,14-15H2,1-8H3/b24-21+/t23-/m1/s1.